The molecule has 21 heavy (non-hydrogen) atoms. The topological polar surface area (TPSA) is 55.8 Å². The van der Waals surface area contributed by atoms with Crippen molar-refractivity contribution in [3.05, 3.63) is 54.6 Å². The minimum atomic E-state index is -0.973. The fourth-order valence-electron chi connectivity index (χ4n) is 1.85. The van der Waals surface area contributed by atoms with Crippen LogP contribution < -0.4 is 9.47 Å². The normalized spacial score (nSPS) is 12.0. The van der Waals surface area contributed by atoms with Crippen LogP contribution in [0.3, 0.4) is 0 Å². The van der Waals surface area contributed by atoms with Gasteiger partial charge in [-0.3, -0.25) is 0 Å². The molecule has 0 bridgehead atoms. The molecule has 0 fully saturated rings. The summed E-state index contributed by atoms with van der Waals surface area (Å²) in [6, 6.07) is 16.3. The summed E-state index contributed by atoms with van der Waals surface area (Å²) in [5, 5.41) is 9.15. The number of benzene rings is 2. The third kappa shape index (κ3) is 4.24. The summed E-state index contributed by atoms with van der Waals surface area (Å²) in [5.74, 6) is 0.699. The van der Waals surface area contributed by atoms with Crippen molar-refractivity contribution in [2.75, 3.05) is 0 Å². The number of carbonyl (C=O) groups is 1. The maximum Gasteiger partial charge on any atom is 0.345 e. The number of hydrogen-bond acceptors (Lipinski definition) is 3. The fourth-order valence-corrected chi connectivity index (χ4v) is 1.85. The zero-order valence-electron chi connectivity index (χ0n) is 12.0. The Morgan fingerprint density at radius 1 is 0.952 bits per heavy atom. The van der Waals surface area contributed by atoms with E-state index in [1.807, 2.05) is 44.2 Å². The highest BCUT2D eigenvalue weighted by atomic mass is 16.5. The first kappa shape index (κ1) is 14.9. The minimum Gasteiger partial charge on any atom is -0.478 e. The van der Waals surface area contributed by atoms with Crippen molar-refractivity contribution in [3.8, 4) is 17.2 Å². The molecule has 0 aliphatic rings. The van der Waals surface area contributed by atoms with E-state index < -0.39 is 12.1 Å². The Hall–Kier alpha value is -2.49. The van der Waals surface area contributed by atoms with E-state index in [2.05, 4.69) is 0 Å². The Morgan fingerprint density at radius 2 is 1.57 bits per heavy atom. The molecule has 1 unspecified atom stereocenters. The Kier molecular flexibility index (Phi) is 4.82. The number of rotatable bonds is 6. The molecular formula is C17H18O4. The summed E-state index contributed by atoms with van der Waals surface area (Å²) >= 11 is 0. The van der Waals surface area contributed by atoms with Gasteiger partial charge < -0.3 is 14.6 Å². The standard InChI is InChI=1S/C17H18O4/c1-12(2)16(17(18)19)21-15-10-6-9-14(11-15)20-13-7-4-3-5-8-13/h3-12,16H,1-2H3,(H,18,19). The van der Waals surface area contributed by atoms with Gasteiger partial charge in [-0.1, -0.05) is 38.1 Å². The third-order valence-electron chi connectivity index (χ3n) is 2.90. The summed E-state index contributed by atoms with van der Waals surface area (Å²) in [4.78, 5) is 11.2. The van der Waals surface area contributed by atoms with E-state index in [9.17, 15) is 4.79 Å². The molecule has 0 amide bonds. The van der Waals surface area contributed by atoms with Gasteiger partial charge in [0.2, 0.25) is 0 Å². The predicted octanol–water partition coefficient (Wildman–Crippen LogP) is 3.97. The van der Waals surface area contributed by atoms with Crippen molar-refractivity contribution >= 4 is 5.97 Å². The first-order valence-electron chi connectivity index (χ1n) is 6.78. The second kappa shape index (κ2) is 6.79. The Labute approximate surface area is 123 Å². The molecule has 0 aliphatic heterocycles. The average molecular weight is 286 g/mol. The largest absolute Gasteiger partial charge is 0.478 e. The second-order valence-electron chi connectivity index (χ2n) is 5.01. The van der Waals surface area contributed by atoms with Crippen molar-refractivity contribution in [1.82, 2.24) is 0 Å². The summed E-state index contributed by atoms with van der Waals surface area (Å²) in [6.07, 6.45) is -0.878. The highest BCUT2D eigenvalue weighted by molar-refractivity contribution is 5.73. The zero-order valence-corrected chi connectivity index (χ0v) is 12.0. The summed E-state index contributed by atoms with van der Waals surface area (Å²) < 4.78 is 11.2. The maximum absolute atomic E-state index is 11.2. The van der Waals surface area contributed by atoms with E-state index in [0.29, 0.717) is 17.2 Å². The van der Waals surface area contributed by atoms with E-state index in [1.165, 1.54) is 0 Å². The van der Waals surface area contributed by atoms with Gasteiger partial charge in [-0.25, -0.2) is 4.79 Å². The Bertz CT molecular complexity index is 593. The number of hydrogen-bond donors (Lipinski definition) is 1. The molecule has 0 spiro atoms. The molecule has 0 radical (unpaired) electrons. The molecule has 1 atom stereocenters. The molecule has 110 valence electrons. The van der Waals surface area contributed by atoms with Gasteiger partial charge in [-0.15, -0.1) is 0 Å². The summed E-state index contributed by atoms with van der Waals surface area (Å²) in [7, 11) is 0. The number of aliphatic carboxylic acids is 1. The smallest absolute Gasteiger partial charge is 0.345 e. The first-order chi connectivity index (χ1) is 10.1. The summed E-state index contributed by atoms with van der Waals surface area (Å²) in [5.41, 5.74) is 0. The van der Waals surface area contributed by atoms with Gasteiger partial charge in [-0.2, -0.15) is 0 Å². The van der Waals surface area contributed by atoms with Crippen LogP contribution in [-0.2, 0) is 4.79 Å². The molecule has 0 saturated heterocycles. The van der Waals surface area contributed by atoms with Crippen LogP contribution in [0.4, 0.5) is 0 Å². The van der Waals surface area contributed by atoms with Gasteiger partial charge in [-0.05, 0) is 24.3 Å². The lowest BCUT2D eigenvalue weighted by Crippen LogP contribution is -2.32. The maximum atomic E-state index is 11.2. The fraction of sp³-hybridized carbons (Fsp3) is 0.235. The van der Waals surface area contributed by atoms with Crippen molar-refractivity contribution in [2.45, 2.75) is 20.0 Å². The number of ether oxygens (including phenoxy) is 2. The number of para-hydroxylation sites is 1. The van der Waals surface area contributed by atoms with Crippen molar-refractivity contribution in [3.63, 3.8) is 0 Å². The SMILES string of the molecule is CC(C)C(Oc1cccc(Oc2ccccc2)c1)C(=O)O. The molecule has 4 heteroatoms. The van der Waals surface area contributed by atoms with Gasteiger partial charge in [0.05, 0.1) is 0 Å². The molecule has 2 aromatic carbocycles. The van der Waals surface area contributed by atoms with Crippen LogP contribution in [0, 0.1) is 5.92 Å². The Balaban J connectivity index is 2.12. The van der Waals surface area contributed by atoms with Gasteiger partial charge in [0.15, 0.2) is 6.10 Å². The van der Waals surface area contributed by atoms with Gasteiger partial charge in [0.1, 0.15) is 17.2 Å². The highest BCUT2D eigenvalue weighted by Crippen LogP contribution is 2.26. The van der Waals surface area contributed by atoms with Gasteiger partial charge in [0.25, 0.3) is 0 Å². The van der Waals surface area contributed by atoms with Crippen LogP contribution in [-0.4, -0.2) is 17.2 Å². The van der Waals surface area contributed by atoms with Crippen LogP contribution in [0.25, 0.3) is 0 Å². The molecule has 4 nitrogen and oxygen atoms in total. The molecule has 0 aromatic heterocycles. The van der Waals surface area contributed by atoms with Crippen LogP contribution in [0.2, 0.25) is 0 Å². The third-order valence-corrected chi connectivity index (χ3v) is 2.90. The number of carboxylic acids is 1. The lowest BCUT2D eigenvalue weighted by molar-refractivity contribution is -0.147. The van der Waals surface area contributed by atoms with Crippen LogP contribution in [0.5, 0.6) is 17.2 Å². The highest BCUT2D eigenvalue weighted by Gasteiger charge is 2.23. The lowest BCUT2D eigenvalue weighted by Gasteiger charge is -2.18. The quantitative estimate of drug-likeness (QED) is 0.873. The predicted molar refractivity (Wildman–Crippen MR) is 79.8 cm³/mol. The van der Waals surface area contributed by atoms with Crippen molar-refractivity contribution in [2.24, 2.45) is 5.92 Å². The molecule has 0 heterocycles. The molecule has 2 rings (SSSR count). The molecule has 1 N–H and O–H groups in total. The zero-order chi connectivity index (χ0) is 15.2. The molecular weight excluding hydrogens is 268 g/mol. The molecule has 2 aromatic rings. The minimum absolute atomic E-state index is 0.124. The monoisotopic (exact) mass is 286 g/mol. The van der Waals surface area contributed by atoms with E-state index in [4.69, 9.17) is 14.6 Å². The van der Waals surface area contributed by atoms with E-state index in [1.54, 1.807) is 24.3 Å². The molecule has 0 aliphatic carbocycles. The van der Waals surface area contributed by atoms with E-state index in [0.717, 1.165) is 0 Å². The Morgan fingerprint density at radius 3 is 2.19 bits per heavy atom. The second-order valence-corrected chi connectivity index (χ2v) is 5.01. The first-order valence-corrected chi connectivity index (χ1v) is 6.78. The lowest BCUT2D eigenvalue weighted by atomic mass is 10.1. The van der Waals surface area contributed by atoms with E-state index >= 15 is 0 Å². The van der Waals surface area contributed by atoms with Crippen molar-refractivity contribution in [1.29, 1.82) is 0 Å². The van der Waals surface area contributed by atoms with Gasteiger partial charge >= 0.3 is 5.97 Å². The van der Waals surface area contributed by atoms with Crippen LogP contribution in [0.1, 0.15) is 13.8 Å². The van der Waals surface area contributed by atoms with E-state index in [-0.39, 0.29) is 5.92 Å². The summed E-state index contributed by atoms with van der Waals surface area (Å²) in [6.45, 7) is 3.62. The molecule has 0 saturated carbocycles. The van der Waals surface area contributed by atoms with Crippen LogP contribution >= 0.6 is 0 Å². The number of carboxylic acid groups (broad SMARTS) is 1. The average Bonchev–Trinajstić information content (AvgIpc) is 2.45. The van der Waals surface area contributed by atoms with Crippen molar-refractivity contribution < 1.29 is 19.4 Å². The van der Waals surface area contributed by atoms with Crippen LogP contribution in [0.15, 0.2) is 54.6 Å². The van der Waals surface area contributed by atoms with Gasteiger partial charge in [0, 0.05) is 12.0 Å².